The highest BCUT2D eigenvalue weighted by Crippen LogP contribution is 2.29. The van der Waals surface area contributed by atoms with Crippen molar-refractivity contribution >= 4 is 23.3 Å². The highest BCUT2D eigenvalue weighted by atomic mass is 16.5. The molecule has 0 aromatic heterocycles. The van der Waals surface area contributed by atoms with Crippen LogP contribution in [0.5, 0.6) is 11.5 Å². The average Bonchev–Trinajstić information content (AvgIpc) is 3.02. The van der Waals surface area contributed by atoms with Gasteiger partial charge in [-0.2, -0.15) is 0 Å². The van der Waals surface area contributed by atoms with Crippen molar-refractivity contribution in [3.05, 3.63) is 48.5 Å². The van der Waals surface area contributed by atoms with Crippen molar-refractivity contribution in [2.75, 3.05) is 31.0 Å². The Hall–Kier alpha value is -3.22. The van der Waals surface area contributed by atoms with E-state index in [0.717, 1.165) is 5.69 Å². The van der Waals surface area contributed by atoms with E-state index < -0.39 is 12.1 Å². The van der Waals surface area contributed by atoms with E-state index in [1.807, 2.05) is 30.3 Å². The van der Waals surface area contributed by atoms with Crippen LogP contribution in [0.15, 0.2) is 48.5 Å². The van der Waals surface area contributed by atoms with Gasteiger partial charge in [-0.1, -0.05) is 18.2 Å². The lowest BCUT2D eigenvalue weighted by Gasteiger charge is -2.17. The summed E-state index contributed by atoms with van der Waals surface area (Å²) in [5.41, 5.74) is 1.38. The van der Waals surface area contributed by atoms with Gasteiger partial charge in [-0.05, 0) is 30.7 Å². The molecule has 136 valence electrons. The van der Waals surface area contributed by atoms with Crippen LogP contribution in [0.3, 0.4) is 0 Å². The van der Waals surface area contributed by atoms with Crippen molar-refractivity contribution in [2.24, 2.45) is 0 Å². The second-order valence-corrected chi connectivity index (χ2v) is 5.83. The monoisotopic (exact) mass is 355 g/mol. The second-order valence-electron chi connectivity index (χ2n) is 5.83. The predicted octanol–water partition coefficient (Wildman–Crippen LogP) is 2.63. The van der Waals surface area contributed by atoms with Crippen molar-refractivity contribution in [3.8, 4) is 11.5 Å². The number of nitrogens with zero attached hydrogens (tertiary/aromatic N) is 1. The molecule has 0 radical (unpaired) electrons. The highest BCUT2D eigenvalue weighted by Gasteiger charge is 2.33. The van der Waals surface area contributed by atoms with Gasteiger partial charge in [0.15, 0.2) is 11.5 Å². The highest BCUT2D eigenvalue weighted by molar-refractivity contribution is 6.02. The fourth-order valence-corrected chi connectivity index (χ4v) is 2.92. The summed E-state index contributed by atoms with van der Waals surface area (Å²) in [6.07, 6.45) is 0.563. The first-order chi connectivity index (χ1) is 12.6. The van der Waals surface area contributed by atoms with E-state index in [1.165, 1.54) is 7.11 Å². The second kappa shape index (κ2) is 7.77. The lowest BCUT2D eigenvalue weighted by Crippen LogP contribution is -2.43. The molecule has 3 amide bonds. The zero-order valence-corrected chi connectivity index (χ0v) is 14.7. The topological polar surface area (TPSA) is 79.9 Å². The molecule has 1 aliphatic heterocycles. The molecule has 0 saturated carbocycles. The Bertz CT molecular complexity index is 795. The average molecular weight is 355 g/mol. The molecule has 1 fully saturated rings. The molecule has 2 aromatic carbocycles. The summed E-state index contributed by atoms with van der Waals surface area (Å²) in [6, 6.07) is 13.5. The summed E-state index contributed by atoms with van der Waals surface area (Å²) in [6.45, 7) is 0.574. The van der Waals surface area contributed by atoms with Gasteiger partial charge in [-0.15, -0.1) is 0 Å². The van der Waals surface area contributed by atoms with Gasteiger partial charge in [0.1, 0.15) is 6.04 Å². The Labute approximate surface area is 151 Å². The summed E-state index contributed by atoms with van der Waals surface area (Å²) in [5, 5.41) is 5.44. The number of nitrogens with one attached hydrogen (secondary N) is 2. The summed E-state index contributed by atoms with van der Waals surface area (Å²) >= 11 is 0. The van der Waals surface area contributed by atoms with E-state index in [4.69, 9.17) is 9.47 Å². The van der Waals surface area contributed by atoms with Gasteiger partial charge in [-0.25, -0.2) is 4.79 Å². The van der Waals surface area contributed by atoms with Gasteiger partial charge in [0.25, 0.3) is 0 Å². The molecule has 1 saturated heterocycles. The lowest BCUT2D eigenvalue weighted by molar-refractivity contribution is -0.118. The number of benzene rings is 2. The number of anilines is 2. The van der Waals surface area contributed by atoms with Crippen molar-refractivity contribution in [3.63, 3.8) is 0 Å². The zero-order valence-electron chi connectivity index (χ0n) is 14.7. The number of ether oxygens (including phenoxy) is 2. The largest absolute Gasteiger partial charge is 0.493 e. The fourth-order valence-electron chi connectivity index (χ4n) is 2.92. The first kappa shape index (κ1) is 17.6. The minimum Gasteiger partial charge on any atom is -0.493 e. The fraction of sp³-hybridized carbons (Fsp3) is 0.263. The number of carbonyl (C=O) groups is 2. The van der Waals surface area contributed by atoms with Crippen molar-refractivity contribution in [1.29, 1.82) is 0 Å². The molecule has 2 aromatic rings. The first-order valence-electron chi connectivity index (χ1n) is 8.28. The summed E-state index contributed by atoms with van der Waals surface area (Å²) in [5.74, 6) is 0.971. The Morgan fingerprint density at radius 2 is 1.81 bits per heavy atom. The first-order valence-corrected chi connectivity index (χ1v) is 8.28. The Kier molecular flexibility index (Phi) is 5.26. The van der Waals surface area contributed by atoms with Gasteiger partial charge >= 0.3 is 6.03 Å². The van der Waals surface area contributed by atoms with E-state index >= 15 is 0 Å². The molecule has 0 spiro atoms. The van der Waals surface area contributed by atoms with Crippen molar-refractivity contribution < 1.29 is 19.1 Å². The van der Waals surface area contributed by atoms with Crippen LogP contribution in [0, 0.1) is 0 Å². The molecule has 26 heavy (non-hydrogen) atoms. The standard InChI is InChI=1S/C19H21N3O4/c1-25-16-9-8-13(12-17(16)26-2)20-19(24)21-15-10-11-22(18(15)23)14-6-4-3-5-7-14/h3-9,12,15H,10-11H2,1-2H3,(H2,20,21,24). The van der Waals surface area contributed by atoms with Gasteiger partial charge in [-0.3, -0.25) is 4.79 Å². The maximum atomic E-state index is 12.5. The normalized spacial score (nSPS) is 16.3. The minimum absolute atomic E-state index is 0.112. The molecule has 0 bridgehead atoms. The third-order valence-corrected chi connectivity index (χ3v) is 4.22. The van der Waals surface area contributed by atoms with Crippen LogP contribution < -0.4 is 25.0 Å². The zero-order chi connectivity index (χ0) is 18.5. The number of amides is 3. The Morgan fingerprint density at radius 3 is 2.50 bits per heavy atom. The van der Waals surface area contributed by atoms with Crippen LogP contribution in [-0.2, 0) is 4.79 Å². The van der Waals surface area contributed by atoms with Crippen LogP contribution in [0.4, 0.5) is 16.2 Å². The van der Waals surface area contributed by atoms with E-state index in [-0.39, 0.29) is 5.91 Å². The number of para-hydroxylation sites is 1. The number of carbonyl (C=O) groups excluding carboxylic acids is 2. The molecular weight excluding hydrogens is 334 g/mol. The Balaban J connectivity index is 1.61. The van der Waals surface area contributed by atoms with Crippen LogP contribution >= 0.6 is 0 Å². The van der Waals surface area contributed by atoms with E-state index in [1.54, 1.807) is 30.2 Å². The Morgan fingerprint density at radius 1 is 1.08 bits per heavy atom. The van der Waals surface area contributed by atoms with Crippen LogP contribution in [0.25, 0.3) is 0 Å². The molecule has 1 unspecified atom stereocenters. The number of rotatable bonds is 5. The smallest absolute Gasteiger partial charge is 0.319 e. The predicted molar refractivity (Wildman–Crippen MR) is 98.9 cm³/mol. The third kappa shape index (κ3) is 3.72. The summed E-state index contributed by atoms with van der Waals surface area (Å²) in [7, 11) is 3.07. The molecule has 1 aliphatic rings. The summed E-state index contributed by atoms with van der Waals surface area (Å²) in [4.78, 5) is 26.5. The molecule has 0 aliphatic carbocycles. The summed E-state index contributed by atoms with van der Waals surface area (Å²) < 4.78 is 10.4. The lowest BCUT2D eigenvalue weighted by atomic mass is 10.2. The van der Waals surface area contributed by atoms with Crippen molar-refractivity contribution in [2.45, 2.75) is 12.5 Å². The maximum Gasteiger partial charge on any atom is 0.319 e. The molecule has 3 rings (SSSR count). The minimum atomic E-state index is -0.546. The molecule has 7 heteroatoms. The van der Waals surface area contributed by atoms with Gasteiger partial charge < -0.3 is 25.0 Å². The molecule has 1 atom stereocenters. The van der Waals surface area contributed by atoms with E-state index in [9.17, 15) is 9.59 Å². The van der Waals surface area contributed by atoms with Crippen molar-refractivity contribution in [1.82, 2.24) is 5.32 Å². The SMILES string of the molecule is COc1ccc(NC(=O)NC2CCN(c3ccccc3)C2=O)cc1OC. The van der Waals surface area contributed by atoms with Gasteiger partial charge in [0.05, 0.1) is 14.2 Å². The quantitative estimate of drug-likeness (QED) is 0.864. The van der Waals surface area contributed by atoms with Crippen LogP contribution in [0.1, 0.15) is 6.42 Å². The van der Waals surface area contributed by atoms with E-state index in [2.05, 4.69) is 10.6 Å². The van der Waals surface area contributed by atoms with Gasteiger partial charge in [0, 0.05) is 24.0 Å². The van der Waals surface area contributed by atoms with E-state index in [0.29, 0.717) is 30.2 Å². The van der Waals surface area contributed by atoms with Crippen LogP contribution in [0.2, 0.25) is 0 Å². The number of hydrogen-bond acceptors (Lipinski definition) is 4. The third-order valence-electron chi connectivity index (χ3n) is 4.22. The number of hydrogen-bond donors (Lipinski definition) is 2. The molecule has 2 N–H and O–H groups in total. The van der Waals surface area contributed by atoms with Crippen LogP contribution in [-0.4, -0.2) is 38.7 Å². The number of urea groups is 1. The number of methoxy groups -OCH3 is 2. The maximum absolute atomic E-state index is 12.5. The molecule has 1 heterocycles. The molecule has 7 nitrogen and oxygen atoms in total. The molecular formula is C19H21N3O4. The van der Waals surface area contributed by atoms with Gasteiger partial charge in [0.2, 0.25) is 5.91 Å².